The maximum absolute atomic E-state index is 13.9. The summed E-state index contributed by atoms with van der Waals surface area (Å²) in [4.78, 5) is 12.7. The highest BCUT2D eigenvalue weighted by Crippen LogP contribution is 2.30. The number of hydrogen-bond donors (Lipinski definition) is 1. The van der Waals surface area contributed by atoms with Crippen LogP contribution in [0.25, 0.3) is 11.4 Å². The van der Waals surface area contributed by atoms with Crippen LogP contribution in [0.5, 0.6) is 0 Å². The number of para-hydroxylation sites is 1. The van der Waals surface area contributed by atoms with Crippen molar-refractivity contribution >= 4 is 23.4 Å². The zero-order chi connectivity index (χ0) is 21.8. The highest BCUT2D eigenvalue weighted by atomic mass is 32.2. The van der Waals surface area contributed by atoms with E-state index in [0.717, 1.165) is 16.9 Å². The Morgan fingerprint density at radius 3 is 2.58 bits per heavy atom. The Hall–Kier alpha value is -3.39. The summed E-state index contributed by atoms with van der Waals surface area (Å²) in [5.74, 6) is 0.617. The minimum Gasteiger partial charge on any atom is -0.469 e. The quantitative estimate of drug-likeness (QED) is 0.406. The van der Waals surface area contributed by atoms with Gasteiger partial charge in [-0.3, -0.25) is 9.36 Å². The van der Waals surface area contributed by atoms with Crippen LogP contribution >= 0.6 is 11.8 Å². The van der Waals surface area contributed by atoms with Crippen LogP contribution in [-0.4, -0.2) is 25.9 Å². The lowest BCUT2D eigenvalue weighted by Gasteiger charge is -2.14. The van der Waals surface area contributed by atoms with Crippen molar-refractivity contribution in [1.82, 2.24) is 14.8 Å². The monoisotopic (exact) mass is 436 g/mol. The van der Waals surface area contributed by atoms with Crippen molar-refractivity contribution in [2.75, 3.05) is 5.32 Å². The zero-order valence-corrected chi connectivity index (χ0v) is 17.9. The molecule has 2 aromatic carbocycles. The Bertz CT molecular complexity index is 1190. The molecule has 0 aliphatic heterocycles. The van der Waals surface area contributed by atoms with Gasteiger partial charge in [0.25, 0.3) is 0 Å². The molecule has 1 N–H and O–H groups in total. The molecule has 0 spiro atoms. The molecule has 1 amide bonds. The highest BCUT2D eigenvalue weighted by Gasteiger charge is 2.23. The van der Waals surface area contributed by atoms with E-state index in [9.17, 15) is 9.18 Å². The molecule has 1 unspecified atom stereocenters. The maximum atomic E-state index is 13.9. The molecule has 0 aliphatic rings. The third-order valence-electron chi connectivity index (χ3n) is 4.78. The van der Waals surface area contributed by atoms with Gasteiger partial charge >= 0.3 is 0 Å². The topological polar surface area (TPSA) is 72.9 Å². The summed E-state index contributed by atoms with van der Waals surface area (Å²) in [6.07, 6.45) is 1.61. The Balaban J connectivity index is 1.60. The van der Waals surface area contributed by atoms with Gasteiger partial charge in [-0.05, 0) is 37.6 Å². The van der Waals surface area contributed by atoms with Crippen LogP contribution < -0.4 is 5.32 Å². The Morgan fingerprint density at radius 2 is 1.87 bits per heavy atom. The van der Waals surface area contributed by atoms with Crippen LogP contribution in [0, 0.1) is 12.7 Å². The van der Waals surface area contributed by atoms with Gasteiger partial charge in [0.05, 0.1) is 29.3 Å². The van der Waals surface area contributed by atoms with E-state index in [4.69, 9.17) is 4.42 Å². The van der Waals surface area contributed by atoms with E-state index < -0.39 is 11.1 Å². The summed E-state index contributed by atoms with van der Waals surface area (Å²) < 4.78 is 21.3. The second-order valence-electron chi connectivity index (χ2n) is 7.00. The van der Waals surface area contributed by atoms with Crippen LogP contribution in [0.15, 0.2) is 76.5 Å². The number of thioether (sulfide) groups is 1. The molecule has 0 radical (unpaired) electrons. The van der Waals surface area contributed by atoms with E-state index in [1.165, 1.54) is 23.9 Å². The molecule has 0 saturated carbocycles. The van der Waals surface area contributed by atoms with Crippen molar-refractivity contribution in [3.63, 3.8) is 0 Å². The van der Waals surface area contributed by atoms with E-state index in [1.807, 2.05) is 47.9 Å². The fraction of sp³-hybridized carbons (Fsp3) is 0.174. The Kier molecular flexibility index (Phi) is 6.18. The number of hydrogen-bond acceptors (Lipinski definition) is 5. The van der Waals surface area contributed by atoms with Crippen molar-refractivity contribution in [3.8, 4) is 11.4 Å². The predicted octanol–water partition coefficient (Wildman–Crippen LogP) is 5.15. The molecular weight excluding hydrogens is 415 g/mol. The second-order valence-corrected chi connectivity index (χ2v) is 8.31. The van der Waals surface area contributed by atoms with E-state index in [0.29, 0.717) is 17.5 Å². The number of halogens is 1. The first-order valence-corrected chi connectivity index (χ1v) is 10.6. The number of anilines is 1. The summed E-state index contributed by atoms with van der Waals surface area (Å²) in [6, 6.07) is 17.9. The standard InChI is InChI=1S/C23H21FN4O2S/c1-15-18(12-13-30-15)21-26-27-23(28(21)14-17-8-4-3-5-9-17)31-16(2)22(29)25-20-11-7-6-10-19(20)24/h3-13,16H,14H2,1-2H3,(H,25,29). The summed E-state index contributed by atoms with van der Waals surface area (Å²) >= 11 is 1.27. The lowest BCUT2D eigenvalue weighted by atomic mass is 10.2. The third-order valence-corrected chi connectivity index (χ3v) is 5.86. The van der Waals surface area contributed by atoms with Gasteiger partial charge in [0, 0.05) is 0 Å². The van der Waals surface area contributed by atoms with Crippen LogP contribution in [0.3, 0.4) is 0 Å². The van der Waals surface area contributed by atoms with Crippen molar-refractivity contribution in [1.29, 1.82) is 0 Å². The van der Waals surface area contributed by atoms with E-state index in [2.05, 4.69) is 15.5 Å². The summed E-state index contributed by atoms with van der Waals surface area (Å²) in [6.45, 7) is 4.16. The van der Waals surface area contributed by atoms with Crippen LogP contribution in [0.4, 0.5) is 10.1 Å². The van der Waals surface area contributed by atoms with Crippen molar-refractivity contribution in [2.45, 2.75) is 30.8 Å². The van der Waals surface area contributed by atoms with Gasteiger partial charge < -0.3 is 9.73 Å². The van der Waals surface area contributed by atoms with Gasteiger partial charge in [-0.2, -0.15) is 0 Å². The maximum Gasteiger partial charge on any atom is 0.237 e. The molecule has 158 valence electrons. The number of carbonyl (C=O) groups excluding carboxylic acids is 1. The fourth-order valence-electron chi connectivity index (χ4n) is 3.11. The van der Waals surface area contributed by atoms with Crippen LogP contribution in [0.1, 0.15) is 18.2 Å². The Morgan fingerprint density at radius 1 is 1.13 bits per heavy atom. The predicted molar refractivity (Wildman–Crippen MR) is 118 cm³/mol. The van der Waals surface area contributed by atoms with Gasteiger partial charge in [-0.15, -0.1) is 10.2 Å². The number of carbonyl (C=O) groups is 1. The fourth-order valence-corrected chi connectivity index (χ4v) is 3.96. The number of aryl methyl sites for hydroxylation is 1. The number of benzene rings is 2. The number of nitrogens with one attached hydrogen (secondary N) is 1. The first kappa shape index (κ1) is 20.9. The van der Waals surface area contributed by atoms with Gasteiger partial charge in [0.15, 0.2) is 11.0 Å². The zero-order valence-electron chi connectivity index (χ0n) is 17.1. The van der Waals surface area contributed by atoms with Gasteiger partial charge in [0.1, 0.15) is 11.6 Å². The molecule has 0 aliphatic carbocycles. The number of rotatable bonds is 7. The molecule has 0 saturated heterocycles. The van der Waals surface area contributed by atoms with E-state index in [1.54, 1.807) is 25.3 Å². The molecule has 31 heavy (non-hydrogen) atoms. The lowest BCUT2D eigenvalue weighted by Crippen LogP contribution is -2.23. The summed E-state index contributed by atoms with van der Waals surface area (Å²) in [5, 5.41) is 11.4. The number of aromatic nitrogens is 3. The molecular formula is C23H21FN4O2S. The van der Waals surface area contributed by atoms with Crippen LogP contribution in [0.2, 0.25) is 0 Å². The number of nitrogens with zero attached hydrogens (tertiary/aromatic N) is 3. The number of amides is 1. The van der Waals surface area contributed by atoms with Crippen molar-refractivity contribution < 1.29 is 13.6 Å². The largest absolute Gasteiger partial charge is 0.469 e. The summed E-state index contributed by atoms with van der Waals surface area (Å²) in [5.41, 5.74) is 2.08. The van der Waals surface area contributed by atoms with E-state index >= 15 is 0 Å². The smallest absolute Gasteiger partial charge is 0.237 e. The average molecular weight is 437 g/mol. The van der Waals surface area contributed by atoms with Gasteiger partial charge in [0.2, 0.25) is 5.91 Å². The van der Waals surface area contributed by atoms with Gasteiger partial charge in [-0.1, -0.05) is 54.2 Å². The van der Waals surface area contributed by atoms with Crippen molar-refractivity contribution in [3.05, 3.63) is 84.1 Å². The molecule has 4 rings (SSSR count). The molecule has 1 atom stereocenters. The lowest BCUT2D eigenvalue weighted by molar-refractivity contribution is -0.115. The minimum atomic E-state index is -0.517. The molecule has 2 aromatic heterocycles. The normalized spacial score (nSPS) is 12.0. The van der Waals surface area contributed by atoms with Crippen LogP contribution in [-0.2, 0) is 11.3 Å². The third kappa shape index (κ3) is 4.69. The molecule has 8 heteroatoms. The van der Waals surface area contributed by atoms with Gasteiger partial charge in [-0.25, -0.2) is 4.39 Å². The molecule has 0 bridgehead atoms. The van der Waals surface area contributed by atoms with Crippen molar-refractivity contribution in [2.24, 2.45) is 0 Å². The molecule has 4 aromatic rings. The second kappa shape index (κ2) is 9.18. The van der Waals surface area contributed by atoms with E-state index in [-0.39, 0.29) is 11.6 Å². The molecule has 0 fully saturated rings. The average Bonchev–Trinajstić information content (AvgIpc) is 3.36. The highest BCUT2D eigenvalue weighted by molar-refractivity contribution is 8.00. The molecule has 6 nitrogen and oxygen atoms in total. The Labute approximate surface area is 183 Å². The number of furan rings is 1. The minimum absolute atomic E-state index is 0.153. The SMILES string of the molecule is Cc1occc1-c1nnc(SC(C)C(=O)Nc2ccccc2F)n1Cc1ccccc1. The molecule has 2 heterocycles. The summed E-state index contributed by atoms with van der Waals surface area (Å²) in [7, 11) is 0. The first-order valence-electron chi connectivity index (χ1n) is 9.76. The first-order chi connectivity index (χ1) is 15.0.